The van der Waals surface area contributed by atoms with Gasteiger partial charge in [0.2, 0.25) is 5.78 Å². The van der Waals surface area contributed by atoms with Gasteiger partial charge in [0.1, 0.15) is 5.75 Å². The van der Waals surface area contributed by atoms with Crippen molar-refractivity contribution < 1.29 is 9.66 Å². The van der Waals surface area contributed by atoms with Gasteiger partial charge in [-0.1, -0.05) is 48.2 Å². The number of aryl methyl sites for hydroxylation is 2. The summed E-state index contributed by atoms with van der Waals surface area (Å²) in [6.45, 7) is 4.25. The molecule has 0 aliphatic carbocycles. The molecule has 0 saturated carbocycles. The van der Waals surface area contributed by atoms with E-state index in [1.807, 2.05) is 54.6 Å². The Kier molecular flexibility index (Phi) is 5.96. The second-order valence-electron chi connectivity index (χ2n) is 7.97. The maximum absolute atomic E-state index is 13.6. The van der Waals surface area contributed by atoms with Gasteiger partial charge in [0.25, 0.3) is 11.2 Å². The number of ether oxygens (including phenoxy) is 1. The number of rotatable bonds is 7. The number of aromatic nitrogens is 4. The van der Waals surface area contributed by atoms with Gasteiger partial charge in [0.15, 0.2) is 5.16 Å². The number of non-ortho nitro benzene ring substituents is 1. The van der Waals surface area contributed by atoms with E-state index >= 15 is 0 Å². The summed E-state index contributed by atoms with van der Waals surface area (Å²) in [5.74, 6) is 1.40. The fraction of sp³-hybridized carbons (Fsp3) is 0.160. The van der Waals surface area contributed by atoms with Gasteiger partial charge in [0, 0.05) is 11.8 Å². The van der Waals surface area contributed by atoms with Crippen LogP contribution in [-0.2, 0) is 0 Å². The molecule has 35 heavy (non-hydrogen) atoms. The molecular weight excluding hydrogens is 466 g/mol. The lowest BCUT2D eigenvalue weighted by Gasteiger charge is -2.15. The topological polar surface area (TPSA) is 105 Å². The molecule has 0 bridgehead atoms. The molecule has 3 aromatic carbocycles. The summed E-state index contributed by atoms with van der Waals surface area (Å²) in [5, 5.41) is 20.9. The van der Waals surface area contributed by atoms with Crippen molar-refractivity contribution in [2.24, 2.45) is 0 Å². The fourth-order valence-corrected chi connectivity index (χ4v) is 4.87. The molecule has 2 heterocycles. The third-order valence-corrected chi connectivity index (χ3v) is 6.56. The van der Waals surface area contributed by atoms with Gasteiger partial charge in [0.05, 0.1) is 34.2 Å². The second kappa shape index (κ2) is 9.22. The van der Waals surface area contributed by atoms with E-state index in [9.17, 15) is 14.9 Å². The first-order valence-electron chi connectivity index (χ1n) is 10.9. The van der Waals surface area contributed by atoms with E-state index in [2.05, 4.69) is 10.2 Å². The van der Waals surface area contributed by atoms with Crippen LogP contribution < -0.4 is 10.3 Å². The highest BCUT2D eigenvalue weighted by Gasteiger charge is 2.19. The number of nitro groups is 1. The Morgan fingerprint density at radius 3 is 2.51 bits per heavy atom. The van der Waals surface area contributed by atoms with Crippen LogP contribution in [0.3, 0.4) is 0 Å². The van der Waals surface area contributed by atoms with E-state index in [-0.39, 0.29) is 11.2 Å². The smallest absolute Gasteiger partial charge is 0.273 e. The van der Waals surface area contributed by atoms with Gasteiger partial charge in [-0.2, -0.15) is 0 Å². The second-order valence-corrected chi connectivity index (χ2v) is 9.03. The zero-order chi connectivity index (χ0) is 24.5. The van der Waals surface area contributed by atoms with E-state index in [1.54, 1.807) is 22.8 Å². The Hall–Kier alpha value is -4.18. The number of hydrogen-bond acceptors (Lipinski definition) is 7. The number of benzene rings is 3. The van der Waals surface area contributed by atoms with Crippen molar-refractivity contribution in [2.45, 2.75) is 19.0 Å². The first-order valence-corrected chi connectivity index (χ1v) is 11.9. The summed E-state index contributed by atoms with van der Waals surface area (Å²) < 4.78 is 9.22. The van der Waals surface area contributed by atoms with E-state index < -0.39 is 4.92 Å². The highest BCUT2D eigenvalue weighted by molar-refractivity contribution is 7.99. The molecule has 0 radical (unpaired) electrons. The van der Waals surface area contributed by atoms with E-state index in [1.165, 1.54) is 23.9 Å². The molecule has 0 fully saturated rings. The molecule has 0 aliphatic rings. The lowest BCUT2D eigenvalue weighted by molar-refractivity contribution is -0.384. The number of thioether (sulfide) groups is 1. The summed E-state index contributed by atoms with van der Waals surface area (Å²) in [5.41, 5.74) is 3.28. The first kappa shape index (κ1) is 22.6. The van der Waals surface area contributed by atoms with Crippen LogP contribution in [0, 0.1) is 24.0 Å². The Morgan fingerprint density at radius 1 is 1.00 bits per heavy atom. The fourth-order valence-electron chi connectivity index (χ4n) is 4.11. The molecular formula is C25H21N5O4S. The van der Waals surface area contributed by atoms with Crippen LogP contribution in [0.15, 0.2) is 76.7 Å². The van der Waals surface area contributed by atoms with Crippen LogP contribution >= 0.6 is 11.8 Å². The van der Waals surface area contributed by atoms with Crippen molar-refractivity contribution >= 4 is 34.1 Å². The standard InChI is InChI=1S/C25H21N5O4S/c1-16-7-5-8-17(2)22(16)29-23(31)20-11-3-4-12-21(20)28-24(29)26-27-25(28)35-14-13-34-19-10-6-9-18(15-19)30(32)33/h3-12,15H,13-14H2,1-2H3. The highest BCUT2D eigenvalue weighted by Crippen LogP contribution is 2.26. The molecule has 176 valence electrons. The molecule has 0 unspecified atom stereocenters. The molecule has 0 amide bonds. The Morgan fingerprint density at radius 2 is 1.74 bits per heavy atom. The predicted molar refractivity (Wildman–Crippen MR) is 135 cm³/mol. The summed E-state index contributed by atoms with van der Waals surface area (Å²) in [7, 11) is 0. The highest BCUT2D eigenvalue weighted by atomic mass is 32.2. The average molecular weight is 488 g/mol. The molecule has 0 aliphatic heterocycles. The average Bonchev–Trinajstić information content (AvgIpc) is 3.27. The third kappa shape index (κ3) is 4.12. The van der Waals surface area contributed by atoms with Crippen molar-refractivity contribution in [1.29, 1.82) is 0 Å². The SMILES string of the molecule is Cc1cccc(C)c1-n1c(=O)c2ccccc2n2c(SCCOc3cccc([N+](=O)[O-])c3)nnc12. The number of nitrogens with zero attached hydrogens (tertiary/aromatic N) is 5. The van der Waals surface area contributed by atoms with Crippen LogP contribution in [0.4, 0.5) is 5.69 Å². The summed E-state index contributed by atoms with van der Waals surface area (Å²) in [6, 6.07) is 19.4. The molecule has 0 saturated heterocycles. The summed E-state index contributed by atoms with van der Waals surface area (Å²) in [6.07, 6.45) is 0. The van der Waals surface area contributed by atoms with E-state index in [0.717, 1.165) is 22.3 Å². The zero-order valence-corrected chi connectivity index (χ0v) is 19.9. The number of hydrogen-bond donors (Lipinski definition) is 0. The molecule has 10 heteroatoms. The van der Waals surface area contributed by atoms with Crippen molar-refractivity contribution in [3.63, 3.8) is 0 Å². The number of para-hydroxylation sites is 2. The van der Waals surface area contributed by atoms with Crippen molar-refractivity contribution in [3.05, 3.63) is 98.3 Å². The van der Waals surface area contributed by atoms with Crippen molar-refractivity contribution in [3.8, 4) is 11.4 Å². The van der Waals surface area contributed by atoms with E-state index in [0.29, 0.717) is 34.4 Å². The van der Waals surface area contributed by atoms with E-state index in [4.69, 9.17) is 4.74 Å². The molecule has 0 atom stereocenters. The monoisotopic (exact) mass is 487 g/mol. The summed E-state index contributed by atoms with van der Waals surface area (Å²) >= 11 is 1.43. The third-order valence-electron chi connectivity index (χ3n) is 5.67. The molecule has 0 N–H and O–H groups in total. The lowest BCUT2D eigenvalue weighted by Crippen LogP contribution is -2.23. The van der Waals surface area contributed by atoms with Gasteiger partial charge >= 0.3 is 0 Å². The molecule has 0 spiro atoms. The molecule has 2 aromatic heterocycles. The Labute approximate surface area is 204 Å². The van der Waals surface area contributed by atoms with Crippen LogP contribution in [-0.4, -0.2) is 36.4 Å². The molecule has 5 aromatic rings. The van der Waals surface area contributed by atoms with Crippen molar-refractivity contribution in [1.82, 2.24) is 19.2 Å². The van der Waals surface area contributed by atoms with Crippen LogP contribution in [0.25, 0.3) is 22.4 Å². The quantitative estimate of drug-likeness (QED) is 0.141. The van der Waals surface area contributed by atoms with Gasteiger partial charge < -0.3 is 4.74 Å². The minimum atomic E-state index is -0.454. The molecule has 9 nitrogen and oxygen atoms in total. The van der Waals surface area contributed by atoms with Gasteiger partial charge in [-0.25, -0.2) is 4.57 Å². The van der Waals surface area contributed by atoms with Crippen LogP contribution in [0.5, 0.6) is 5.75 Å². The normalized spacial score (nSPS) is 11.3. The van der Waals surface area contributed by atoms with Crippen LogP contribution in [0.2, 0.25) is 0 Å². The van der Waals surface area contributed by atoms with Gasteiger partial charge in [-0.3, -0.25) is 19.3 Å². The van der Waals surface area contributed by atoms with Gasteiger partial charge in [-0.05, 0) is 43.2 Å². The number of fused-ring (bicyclic) bond motifs is 3. The van der Waals surface area contributed by atoms with Gasteiger partial charge in [-0.15, -0.1) is 10.2 Å². The summed E-state index contributed by atoms with van der Waals surface area (Å²) in [4.78, 5) is 24.1. The minimum Gasteiger partial charge on any atom is -0.492 e. The minimum absolute atomic E-state index is 0.0189. The maximum atomic E-state index is 13.6. The zero-order valence-electron chi connectivity index (χ0n) is 19.0. The lowest BCUT2D eigenvalue weighted by atomic mass is 10.1. The maximum Gasteiger partial charge on any atom is 0.273 e. The van der Waals surface area contributed by atoms with Crippen molar-refractivity contribution in [2.75, 3.05) is 12.4 Å². The van der Waals surface area contributed by atoms with Crippen LogP contribution in [0.1, 0.15) is 11.1 Å². The Balaban J connectivity index is 1.51. The Bertz CT molecular complexity index is 1620. The largest absolute Gasteiger partial charge is 0.492 e. The predicted octanol–water partition coefficient (Wildman–Crippen LogP) is 4.73. The first-order chi connectivity index (χ1) is 17.0. The number of nitro benzene ring substituents is 1. The molecule has 5 rings (SSSR count).